The minimum Gasteiger partial charge on any atom is -0.349 e. The number of rotatable bonds is 5. The number of aromatic nitrogens is 1. The second kappa shape index (κ2) is 8.60. The number of thiazole rings is 1. The molecule has 2 amide bonds. The molecule has 27 heavy (non-hydrogen) atoms. The molecule has 2 rings (SSSR count). The van der Waals surface area contributed by atoms with Gasteiger partial charge in [-0.3, -0.25) is 14.5 Å². The highest BCUT2D eigenvalue weighted by Crippen LogP contribution is 2.32. The smallest absolute Gasteiger partial charge is 0.262 e. The van der Waals surface area contributed by atoms with E-state index in [-0.39, 0.29) is 17.5 Å². The van der Waals surface area contributed by atoms with Gasteiger partial charge >= 0.3 is 0 Å². The first-order valence-corrected chi connectivity index (χ1v) is 9.37. The summed E-state index contributed by atoms with van der Waals surface area (Å²) in [5.41, 5.74) is 3.27. The maximum absolute atomic E-state index is 12.3. The van der Waals surface area contributed by atoms with Gasteiger partial charge in [-0.25, -0.2) is 4.98 Å². The highest BCUT2D eigenvalue weighted by atomic mass is 32.1. The number of anilines is 2. The third-order valence-electron chi connectivity index (χ3n) is 3.91. The Balaban J connectivity index is 2.40. The Morgan fingerprint density at radius 1 is 1.33 bits per heavy atom. The summed E-state index contributed by atoms with van der Waals surface area (Å²) in [6, 6.07) is 7.58. The van der Waals surface area contributed by atoms with Crippen LogP contribution < -0.4 is 10.2 Å². The van der Waals surface area contributed by atoms with Crippen molar-refractivity contribution in [2.75, 3.05) is 4.90 Å². The maximum Gasteiger partial charge on any atom is 0.262 e. The Kier molecular flexibility index (Phi) is 6.48. The first-order chi connectivity index (χ1) is 12.7. The minimum atomic E-state index is -0.444. The van der Waals surface area contributed by atoms with Gasteiger partial charge in [0.2, 0.25) is 5.91 Å². The predicted octanol–water partition coefficient (Wildman–Crippen LogP) is 3.88. The number of carbonyl (C=O) groups excluding carboxylic acids is 2. The number of amides is 2. The van der Waals surface area contributed by atoms with E-state index in [1.54, 1.807) is 10.3 Å². The summed E-state index contributed by atoms with van der Waals surface area (Å²) in [5.74, 6) is -0.605. The third kappa shape index (κ3) is 4.80. The molecule has 1 N–H and O–H groups in total. The molecule has 0 radical (unpaired) electrons. The second-order valence-electron chi connectivity index (χ2n) is 6.43. The fraction of sp³-hybridized carbons (Fsp3) is 0.300. The topological polar surface area (TPSA) is 86.1 Å². The first kappa shape index (κ1) is 20.3. The van der Waals surface area contributed by atoms with Crippen LogP contribution in [0.5, 0.6) is 0 Å². The van der Waals surface area contributed by atoms with Gasteiger partial charge in [-0.1, -0.05) is 12.1 Å². The Bertz CT molecular complexity index is 938. The van der Waals surface area contributed by atoms with Crippen LogP contribution in [-0.4, -0.2) is 22.8 Å². The Morgan fingerprint density at radius 3 is 2.63 bits per heavy atom. The van der Waals surface area contributed by atoms with Crippen molar-refractivity contribution in [2.24, 2.45) is 0 Å². The number of nitrogens with one attached hydrogen (secondary N) is 1. The lowest BCUT2D eigenvalue weighted by atomic mass is 10.1. The SMILES string of the molecule is CC(=O)N(c1nc(/C=C(\C#N)C(=O)NC(C)C)cs1)c1cccc(C)c1C. The van der Waals surface area contributed by atoms with Gasteiger partial charge < -0.3 is 5.32 Å². The molecule has 0 unspecified atom stereocenters. The summed E-state index contributed by atoms with van der Waals surface area (Å²) >= 11 is 1.28. The molecule has 0 spiro atoms. The first-order valence-electron chi connectivity index (χ1n) is 8.49. The second-order valence-corrected chi connectivity index (χ2v) is 7.26. The maximum atomic E-state index is 12.3. The molecule has 0 aliphatic heterocycles. The fourth-order valence-electron chi connectivity index (χ4n) is 2.47. The molecule has 2 aromatic rings. The van der Waals surface area contributed by atoms with E-state index in [0.717, 1.165) is 16.8 Å². The van der Waals surface area contributed by atoms with Crippen LogP contribution in [-0.2, 0) is 9.59 Å². The van der Waals surface area contributed by atoms with Crippen molar-refractivity contribution < 1.29 is 9.59 Å². The number of hydrogen-bond donors (Lipinski definition) is 1. The molecule has 0 fully saturated rings. The lowest BCUT2D eigenvalue weighted by Gasteiger charge is -2.21. The van der Waals surface area contributed by atoms with Gasteiger partial charge in [-0.15, -0.1) is 11.3 Å². The molecule has 0 aliphatic rings. The van der Waals surface area contributed by atoms with E-state index >= 15 is 0 Å². The lowest BCUT2D eigenvalue weighted by molar-refractivity contribution is -0.117. The molecule has 1 aromatic heterocycles. The van der Waals surface area contributed by atoms with Crippen LogP contribution in [0, 0.1) is 25.2 Å². The highest BCUT2D eigenvalue weighted by Gasteiger charge is 2.20. The zero-order valence-corrected chi connectivity index (χ0v) is 16.8. The van der Waals surface area contributed by atoms with Crippen LogP contribution >= 0.6 is 11.3 Å². The zero-order valence-electron chi connectivity index (χ0n) is 16.0. The van der Waals surface area contributed by atoms with Crippen molar-refractivity contribution in [3.05, 3.63) is 46.0 Å². The predicted molar refractivity (Wildman–Crippen MR) is 108 cm³/mol. The van der Waals surface area contributed by atoms with Crippen LogP contribution in [0.3, 0.4) is 0 Å². The molecule has 0 saturated heterocycles. The van der Waals surface area contributed by atoms with Gasteiger partial charge in [0.25, 0.3) is 5.91 Å². The molecule has 140 valence electrons. The highest BCUT2D eigenvalue weighted by molar-refractivity contribution is 7.14. The summed E-state index contributed by atoms with van der Waals surface area (Å²) in [6.07, 6.45) is 1.43. The van der Waals surface area contributed by atoms with E-state index in [9.17, 15) is 14.9 Å². The van der Waals surface area contributed by atoms with E-state index in [1.807, 2.05) is 52.0 Å². The molecule has 0 aliphatic carbocycles. The van der Waals surface area contributed by atoms with Crippen molar-refractivity contribution in [1.82, 2.24) is 10.3 Å². The van der Waals surface area contributed by atoms with Crippen molar-refractivity contribution in [3.63, 3.8) is 0 Å². The Hall–Kier alpha value is -2.98. The molecule has 1 aromatic carbocycles. The molecule has 7 heteroatoms. The van der Waals surface area contributed by atoms with Crippen LogP contribution in [0.2, 0.25) is 0 Å². The largest absolute Gasteiger partial charge is 0.349 e. The van der Waals surface area contributed by atoms with Crippen LogP contribution in [0.1, 0.15) is 37.6 Å². The van der Waals surface area contributed by atoms with Crippen LogP contribution in [0.15, 0.2) is 29.2 Å². The number of carbonyl (C=O) groups is 2. The lowest BCUT2D eigenvalue weighted by Crippen LogP contribution is -2.30. The van der Waals surface area contributed by atoms with Gasteiger partial charge in [0.1, 0.15) is 11.6 Å². The van der Waals surface area contributed by atoms with Gasteiger partial charge in [0.05, 0.1) is 11.4 Å². The number of aryl methyl sites for hydroxylation is 1. The van der Waals surface area contributed by atoms with Gasteiger partial charge in [-0.2, -0.15) is 5.26 Å². The molecule has 1 heterocycles. The third-order valence-corrected chi connectivity index (χ3v) is 4.75. The number of nitrogens with zero attached hydrogens (tertiary/aromatic N) is 3. The van der Waals surface area contributed by atoms with Crippen molar-refractivity contribution >= 4 is 40.0 Å². The summed E-state index contributed by atoms with van der Waals surface area (Å²) in [7, 11) is 0. The average molecular weight is 382 g/mol. The average Bonchev–Trinajstić information content (AvgIpc) is 3.03. The molecular formula is C20H22N4O2S. The summed E-state index contributed by atoms with van der Waals surface area (Å²) in [4.78, 5) is 30.3. The van der Waals surface area contributed by atoms with Crippen molar-refractivity contribution in [1.29, 1.82) is 5.26 Å². The van der Waals surface area contributed by atoms with Crippen LogP contribution in [0.4, 0.5) is 10.8 Å². The quantitative estimate of drug-likeness (QED) is 0.628. The molecule has 0 bridgehead atoms. The van der Waals surface area contributed by atoms with Gasteiger partial charge in [0.15, 0.2) is 5.13 Å². The van der Waals surface area contributed by atoms with E-state index in [2.05, 4.69) is 10.3 Å². The van der Waals surface area contributed by atoms with E-state index < -0.39 is 5.91 Å². The van der Waals surface area contributed by atoms with Crippen molar-refractivity contribution in [2.45, 2.75) is 40.7 Å². The molecule has 0 saturated carbocycles. The fourth-order valence-corrected chi connectivity index (χ4v) is 3.30. The monoisotopic (exact) mass is 382 g/mol. The van der Waals surface area contributed by atoms with E-state index in [0.29, 0.717) is 10.8 Å². The number of nitriles is 1. The molecule has 0 atom stereocenters. The summed E-state index contributed by atoms with van der Waals surface area (Å²) < 4.78 is 0. The van der Waals surface area contributed by atoms with E-state index in [4.69, 9.17) is 0 Å². The van der Waals surface area contributed by atoms with E-state index in [1.165, 1.54) is 24.3 Å². The van der Waals surface area contributed by atoms with Gasteiger partial charge in [0, 0.05) is 18.3 Å². The Labute approximate surface area is 163 Å². The number of hydrogen-bond acceptors (Lipinski definition) is 5. The normalized spacial score (nSPS) is 11.2. The van der Waals surface area contributed by atoms with Crippen molar-refractivity contribution in [3.8, 4) is 6.07 Å². The standard InChI is InChI=1S/C20H22N4O2S/c1-12(2)22-19(26)16(10-21)9-17-11-27-20(23-17)24(15(5)25)18-8-6-7-13(3)14(18)4/h6-9,11-12H,1-5H3,(H,22,26)/b16-9+. The molecule has 6 nitrogen and oxygen atoms in total. The van der Waals surface area contributed by atoms with Crippen LogP contribution in [0.25, 0.3) is 6.08 Å². The Morgan fingerprint density at radius 2 is 2.04 bits per heavy atom. The zero-order chi connectivity index (χ0) is 20.1. The van der Waals surface area contributed by atoms with Gasteiger partial charge in [-0.05, 0) is 51.0 Å². The molecular weight excluding hydrogens is 360 g/mol. The minimum absolute atomic E-state index is 0.0262. The number of benzene rings is 1. The summed E-state index contributed by atoms with van der Waals surface area (Å²) in [5, 5.41) is 14.1. The summed E-state index contributed by atoms with van der Waals surface area (Å²) in [6.45, 7) is 9.07.